The summed E-state index contributed by atoms with van der Waals surface area (Å²) in [6.07, 6.45) is 0.972. The molecule has 0 aromatic heterocycles. The maximum absolute atomic E-state index is 11.5. The Morgan fingerprint density at radius 3 is 3.12 bits per heavy atom. The van der Waals surface area contributed by atoms with Gasteiger partial charge in [-0.25, -0.2) is 0 Å². The number of benzene rings is 1. The fourth-order valence-electron chi connectivity index (χ4n) is 2.25. The lowest BCUT2D eigenvalue weighted by Gasteiger charge is -2.28. The molecule has 0 fully saturated rings. The summed E-state index contributed by atoms with van der Waals surface area (Å²) in [7, 11) is 0. The van der Waals surface area contributed by atoms with Crippen molar-refractivity contribution in [2.24, 2.45) is 0 Å². The van der Waals surface area contributed by atoms with Gasteiger partial charge in [0.05, 0.1) is 6.54 Å². The van der Waals surface area contributed by atoms with Crippen LogP contribution in [0, 0.1) is 0 Å². The molecule has 1 heterocycles. The molecule has 17 heavy (non-hydrogen) atoms. The molecule has 3 N–H and O–H groups in total. The first-order valence-corrected chi connectivity index (χ1v) is 6.06. The van der Waals surface area contributed by atoms with Gasteiger partial charge in [-0.3, -0.25) is 9.69 Å². The maximum Gasteiger partial charge on any atom is 0.234 e. The quantitative estimate of drug-likeness (QED) is 0.758. The van der Waals surface area contributed by atoms with Gasteiger partial charge >= 0.3 is 0 Å². The third kappa shape index (κ3) is 2.77. The number of hydrogen-bond acceptors (Lipinski definition) is 3. The Bertz CT molecular complexity index is 417. The van der Waals surface area contributed by atoms with Crippen molar-refractivity contribution in [2.75, 3.05) is 25.4 Å². The highest BCUT2D eigenvalue weighted by atomic mass is 16.2. The second-order valence-corrected chi connectivity index (χ2v) is 4.40. The highest BCUT2D eigenvalue weighted by Crippen LogP contribution is 2.23. The average molecular weight is 233 g/mol. The first-order chi connectivity index (χ1) is 8.20. The second-order valence-electron chi connectivity index (χ2n) is 4.40. The summed E-state index contributed by atoms with van der Waals surface area (Å²) >= 11 is 0. The molecule has 0 saturated heterocycles. The molecule has 4 nitrogen and oxygen atoms in total. The van der Waals surface area contributed by atoms with Crippen LogP contribution in [0.2, 0.25) is 0 Å². The van der Waals surface area contributed by atoms with Gasteiger partial charge in [-0.1, -0.05) is 12.1 Å². The normalized spacial score (nSPS) is 15.4. The number of rotatable bonds is 3. The van der Waals surface area contributed by atoms with Gasteiger partial charge in [-0.2, -0.15) is 0 Å². The van der Waals surface area contributed by atoms with Crippen LogP contribution in [-0.2, 0) is 17.8 Å². The first kappa shape index (κ1) is 11.9. The molecule has 0 bridgehead atoms. The number of fused-ring (bicyclic) bond motifs is 1. The van der Waals surface area contributed by atoms with E-state index in [4.69, 9.17) is 5.73 Å². The van der Waals surface area contributed by atoms with Crippen LogP contribution >= 0.6 is 0 Å². The average Bonchev–Trinajstić information content (AvgIpc) is 2.30. The summed E-state index contributed by atoms with van der Waals surface area (Å²) < 4.78 is 0. The number of nitrogen functional groups attached to an aromatic ring is 1. The van der Waals surface area contributed by atoms with Crippen molar-refractivity contribution in [3.05, 3.63) is 29.3 Å². The second kappa shape index (κ2) is 5.19. The Labute approximate surface area is 102 Å². The van der Waals surface area contributed by atoms with Crippen molar-refractivity contribution in [3.8, 4) is 0 Å². The van der Waals surface area contributed by atoms with Crippen LogP contribution in [0.1, 0.15) is 18.1 Å². The van der Waals surface area contributed by atoms with E-state index in [0.29, 0.717) is 13.1 Å². The van der Waals surface area contributed by atoms with Crippen LogP contribution in [0.4, 0.5) is 5.69 Å². The van der Waals surface area contributed by atoms with E-state index < -0.39 is 0 Å². The molecular weight excluding hydrogens is 214 g/mol. The molecule has 1 aromatic rings. The predicted molar refractivity (Wildman–Crippen MR) is 68.5 cm³/mol. The lowest BCUT2D eigenvalue weighted by molar-refractivity contribution is -0.122. The Balaban J connectivity index is 2.03. The summed E-state index contributed by atoms with van der Waals surface area (Å²) in [5, 5.41) is 2.82. The van der Waals surface area contributed by atoms with Gasteiger partial charge in [0, 0.05) is 25.3 Å². The first-order valence-electron chi connectivity index (χ1n) is 6.06. The summed E-state index contributed by atoms with van der Waals surface area (Å²) in [6, 6.07) is 6.04. The zero-order valence-corrected chi connectivity index (χ0v) is 10.2. The van der Waals surface area contributed by atoms with Crippen molar-refractivity contribution >= 4 is 11.6 Å². The van der Waals surface area contributed by atoms with Crippen LogP contribution < -0.4 is 11.1 Å². The molecule has 0 saturated carbocycles. The van der Waals surface area contributed by atoms with Crippen LogP contribution in [0.25, 0.3) is 0 Å². The third-order valence-corrected chi connectivity index (χ3v) is 3.13. The molecule has 1 aromatic carbocycles. The lowest BCUT2D eigenvalue weighted by Crippen LogP contribution is -2.40. The van der Waals surface area contributed by atoms with Gasteiger partial charge in [0.2, 0.25) is 5.91 Å². The van der Waals surface area contributed by atoms with Gasteiger partial charge < -0.3 is 11.1 Å². The van der Waals surface area contributed by atoms with Gasteiger partial charge in [-0.15, -0.1) is 0 Å². The predicted octanol–water partition coefficient (Wildman–Crippen LogP) is 0.763. The van der Waals surface area contributed by atoms with Crippen LogP contribution in [0.3, 0.4) is 0 Å². The molecule has 0 spiro atoms. The summed E-state index contributed by atoms with van der Waals surface area (Å²) in [6.45, 7) is 4.78. The lowest BCUT2D eigenvalue weighted by atomic mass is 9.98. The number of nitrogens with one attached hydrogen (secondary N) is 1. The van der Waals surface area contributed by atoms with E-state index in [1.807, 2.05) is 19.1 Å². The van der Waals surface area contributed by atoms with Crippen LogP contribution in [0.15, 0.2) is 18.2 Å². The highest BCUT2D eigenvalue weighted by molar-refractivity contribution is 5.78. The molecule has 1 aliphatic rings. The number of carbonyl (C=O) groups is 1. The van der Waals surface area contributed by atoms with E-state index in [0.717, 1.165) is 25.2 Å². The summed E-state index contributed by atoms with van der Waals surface area (Å²) in [4.78, 5) is 13.7. The minimum absolute atomic E-state index is 0.0884. The zero-order chi connectivity index (χ0) is 12.3. The van der Waals surface area contributed by atoms with E-state index >= 15 is 0 Å². The number of nitrogens with two attached hydrogens (primary N) is 1. The molecule has 0 radical (unpaired) electrons. The highest BCUT2D eigenvalue weighted by Gasteiger charge is 2.19. The van der Waals surface area contributed by atoms with Crippen molar-refractivity contribution in [2.45, 2.75) is 19.9 Å². The molecule has 0 atom stereocenters. The summed E-state index contributed by atoms with van der Waals surface area (Å²) in [5.74, 6) is 0.0884. The topological polar surface area (TPSA) is 58.4 Å². The molecule has 2 rings (SSSR count). The molecule has 1 aliphatic heterocycles. The van der Waals surface area contributed by atoms with Gasteiger partial charge in [0.25, 0.3) is 0 Å². The van der Waals surface area contributed by atoms with E-state index in [-0.39, 0.29) is 5.91 Å². The number of amides is 1. The largest absolute Gasteiger partial charge is 0.398 e. The van der Waals surface area contributed by atoms with Crippen molar-refractivity contribution in [3.63, 3.8) is 0 Å². The number of hydrogen-bond donors (Lipinski definition) is 2. The van der Waals surface area contributed by atoms with Gasteiger partial charge in [0.1, 0.15) is 0 Å². The number of carbonyl (C=O) groups excluding carboxylic acids is 1. The molecule has 0 aliphatic carbocycles. The fourth-order valence-corrected chi connectivity index (χ4v) is 2.25. The fraction of sp³-hybridized carbons (Fsp3) is 0.462. The van der Waals surface area contributed by atoms with Crippen LogP contribution in [0.5, 0.6) is 0 Å². The Kier molecular flexibility index (Phi) is 3.64. The number of anilines is 1. The van der Waals surface area contributed by atoms with E-state index in [9.17, 15) is 4.79 Å². The van der Waals surface area contributed by atoms with E-state index in [1.165, 1.54) is 11.1 Å². The SMILES string of the molecule is CCNC(=O)CN1CCc2cccc(N)c2C1. The van der Waals surface area contributed by atoms with Gasteiger partial charge in [-0.05, 0) is 30.5 Å². The van der Waals surface area contributed by atoms with E-state index in [1.54, 1.807) is 0 Å². The minimum atomic E-state index is 0.0884. The Morgan fingerprint density at radius 2 is 2.35 bits per heavy atom. The molecular formula is C13H19N3O. The third-order valence-electron chi connectivity index (χ3n) is 3.13. The molecule has 0 unspecified atom stereocenters. The Morgan fingerprint density at radius 1 is 1.53 bits per heavy atom. The standard InChI is InChI=1S/C13H19N3O/c1-2-15-13(17)9-16-7-6-10-4-3-5-12(14)11(10)8-16/h3-5H,2,6-9,14H2,1H3,(H,15,17). The summed E-state index contributed by atoms with van der Waals surface area (Å²) in [5.41, 5.74) is 9.30. The zero-order valence-electron chi connectivity index (χ0n) is 10.2. The Hall–Kier alpha value is -1.55. The van der Waals surface area contributed by atoms with Gasteiger partial charge in [0.15, 0.2) is 0 Å². The van der Waals surface area contributed by atoms with Crippen LogP contribution in [-0.4, -0.2) is 30.4 Å². The smallest absolute Gasteiger partial charge is 0.234 e. The number of likely N-dealkylation sites (N-methyl/N-ethyl adjacent to an activating group) is 1. The van der Waals surface area contributed by atoms with Crippen molar-refractivity contribution < 1.29 is 4.79 Å². The number of nitrogens with zero attached hydrogens (tertiary/aromatic N) is 1. The minimum Gasteiger partial charge on any atom is -0.398 e. The molecule has 92 valence electrons. The monoisotopic (exact) mass is 233 g/mol. The molecule has 4 heteroatoms. The molecule has 1 amide bonds. The van der Waals surface area contributed by atoms with E-state index in [2.05, 4.69) is 16.3 Å². The van der Waals surface area contributed by atoms with Crippen molar-refractivity contribution in [1.29, 1.82) is 0 Å². The maximum atomic E-state index is 11.5. The van der Waals surface area contributed by atoms with Crippen molar-refractivity contribution in [1.82, 2.24) is 10.2 Å².